The van der Waals surface area contributed by atoms with Gasteiger partial charge in [-0.1, -0.05) is 72.3 Å². The maximum Gasteiger partial charge on any atom is 0.333 e. The first-order valence-corrected chi connectivity index (χ1v) is 18.0. The molecule has 4 aliphatic carbocycles. The minimum absolute atomic E-state index is 0.102. The number of fused-ring (bicyclic) bond motifs is 5. The Morgan fingerprint density at radius 1 is 1.02 bits per heavy atom. The van der Waals surface area contributed by atoms with Crippen molar-refractivity contribution in [2.24, 2.45) is 44.8 Å². The number of allylic oxidation sites excluding steroid dienone is 4. The van der Waals surface area contributed by atoms with Crippen LogP contribution >= 0.6 is 0 Å². The number of esters is 1. The molecule has 0 amide bonds. The molecule has 0 saturated heterocycles. The van der Waals surface area contributed by atoms with Gasteiger partial charge in [-0.15, -0.1) is 0 Å². The molecule has 8 unspecified atom stereocenters. The molecule has 6 heteroatoms. The lowest BCUT2D eigenvalue weighted by atomic mass is 9.35. The number of aliphatic hydroxyl groups excluding tert-OH is 2. The third-order valence-corrected chi connectivity index (χ3v) is 14.3. The van der Waals surface area contributed by atoms with E-state index in [4.69, 9.17) is 9.84 Å². The monoisotopic (exact) mass is 642 g/mol. The molecule has 4 rings (SSSR count). The summed E-state index contributed by atoms with van der Waals surface area (Å²) in [5.74, 6) is 0.505. The van der Waals surface area contributed by atoms with Gasteiger partial charge in [-0.25, -0.2) is 9.59 Å². The van der Waals surface area contributed by atoms with Crippen molar-refractivity contribution in [2.45, 2.75) is 153 Å². The Labute approximate surface area is 280 Å². The van der Waals surface area contributed by atoms with Gasteiger partial charge in [-0.05, 0) is 126 Å². The summed E-state index contributed by atoms with van der Waals surface area (Å²) in [5, 5.41) is 29.6. The highest BCUT2D eigenvalue weighted by molar-refractivity contribution is 5.87. The first-order valence-electron chi connectivity index (χ1n) is 18.0. The van der Waals surface area contributed by atoms with Crippen LogP contribution in [0, 0.1) is 44.8 Å². The Morgan fingerprint density at radius 3 is 2.17 bits per heavy atom. The van der Waals surface area contributed by atoms with E-state index in [9.17, 15) is 19.8 Å². The summed E-state index contributed by atoms with van der Waals surface area (Å²) >= 11 is 0. The summed E-state index contributed by atoms with van der Waals surface area (Å²) in [5.41, 5.74) is 2.77. The number of aliphatic hydroxyl groups is 2. The lowest BCUT2D eigenvalue weighted by Gasteiger charge is -2.69. The molecule has 0 aromatic heterocycles. The van der Waals surface area contributed by atoms with Crippen molar-refractivity contribution in [3.63, 3.8) is 0 Å². The fraction of sp³-hybridized carbons (Fsp3) is 0.800. The molecule has 4 aliphatic rings. The van der Waals surface area contributed by atoms with E-state index in [1.54, 1.807) is 25.5 Å². The normalized spacial score (nSPS) is 39.4. The predicted molar refractivity (Wildman–Crippen MR) is 186 cm³/mol. The second-order valence-corrected chi connectivity index (χ2v) is 16.9. The van der Waals surface area contributed by atoms with Gasteiger partial charge in [0.05, 0.1) is 6.10 Å². The average Bonchev–Trinajstić information content (AvgIpc) is 3.02. The minimum atomic E-state index is -0.845. The summed E-state index contributed by atoms with van der Waals surface area (Å²) in [6.45, 7) is 23.8. The van der Waals surface area contributed by atoms with Crippen molar-refractivity contribution >= 4 is 11.9 Å². The van der Waals surface area contributed by atoms with E-state index in [1.165, 1.54) is 12.8 Å². The molecule has 9 atom stereocenters. The van der Waals surface area contributed by atoms with Gasteiger partial charge in [-0.2, -0.15) is 0 Å². The second kappa shape index (κ2) is 14.3. The van der Waals surface area contributed by atoms with Crippen LogP contribution in [-0.4, -0.2) is 46.1 Å². The molecular weight excluding hydrogens is 576 g/mol. The van der Waals surface area contributed by atoms with Gasteiger partial charge in [0, 0.05) is 28.6 Å². The topological polar surface area (TPSA) is 104 Å². The van der Waals surface area contributed by atoms with Gasteiger partial charge >= 0.3 is 11.9 Å². The SMILES string of the molecule is C/C=C(/C)C(=O)O.C/C=C(/C)C(=O)OC1CC2(CO)CC[C@]3(C)C(=CCC4C(C)(CCC(O)CC)C(C)CCC43C)C2CC1(C)C. The van der Waals surface area contributed by atoms with Crippen LogP contribution in [0.25, 0.3) is 0 Å². The summed E-state index contributed by atoms with van der Waals surface area (Å²) in [7, 11) is 0. The molecule has 0 radical (unpaired) electrons. The summed E-state index contributed by atoms with van der Waals surface area (Å²) in [6.07, 6.45) is 15.8. The van der Waals surface area contributed by atoms with E-state index >= 15 is 0 Å². The zero-order valence-electron chi connectivity index (χ0n) is 31.0. The summed E-state index contributed by atoms with van der Waals surface area (Å²) in [6, 6.07) is 0. The average molecular weight is 643 g/mol. The van der Waals surface area contributed by atoms with E-state index < -0.39 is 5.97 Å². The molecular formula is C40H66O6. The molecule has 3 fully saturated rings. The Bertz CT molecular complexity index is 1210. The van der Waals surface area contributed by atoms with Crippen molar-refractivity contribution in [1.82, 2.24) is 0 Å². The van der Waals surface area contributed by atoms with Gasteiger partial charge in [-0.3, -0.25) is 0 Å². The molecule has 0 aliphatic heterocycles. The van der Waals surface area contributed by atoms with Crippen LogP contribution < -0.4 is 0 Å². The highest BCUT2D eigenvalue weighted by atomic mass is 16.5. The molecule has 0 aromatic rings. The van der Waals surface area contributed by atoms with Crippen LogP contribution in [0.2, 0.25) is 0 Å². The maximum atomic E-state index is 12.8. The van der Waals surface area contributed by atoms with Crippen molar-refractivity contribution in [2.75, 3.05) is 6.61 Å². The predicted octanol–water partition coefficient (Wildman–Crippen LogP) is 9.06. The largest absolute Gasteiger partial charge is 0.478 e. The number of carboxylic acids is 1. The Morgan fingerprint density at radius 2 is 1.65 bits per heavy atom. The van der Waals surface area contributed by atoms with E-state index in [2.05, 4.69) is 54.5 Å². The van der Waals surface area contributed by atoms with Gasteiger partial charge in [0.15, 0.2) is 0 Å². The number of aliphatic carboxylic acids is 1. The number of carboxylic acid groups (broad SMARTS) is 1. The molecule has 6 nitrogen and oxygen atoms in total. The van der Waals surface area contributed by atoms with Crippen molar-refractivity contribution < 1.29 is 29.6 Å². The van der Waals surface area contributed by atoms with E-state index in [0.29, 0.717) is 28.9 Å². The van der Waals surface area contributed by atoms with Crippen LogP contribution in [0.15, 0.2) is 34.9 Å². The van der Waals surface area contributed by atoms with Crippen LogP contribution in [0.1, 0.15) is 140 Å². The highest BCUT2D eigenvalue weighted by Crippen LogP contribution is 2.73. The minimum Gasteiger partial charge on any atom is -0.478 e. The Balaban J connectivity index is 0.000000738. The van der Waals surface area contributed by atoms with Gasteiger partial charge in [0.1, 0.15) is 6.10 Å². The zero-order chi connectivity index (χ0) is 34.9. The van der Waals surface area contributed by atoms with Crippen LogP contribution in [-0.2, 0) is 14.3 Å². The molecule has 3 saturated carbocycles. The van der Waals surface area contributed by atoms with Crippen LogP contribution in [0.3, 0.4) is 0 Å². The molecule has 0 bridgehead atoms. The first kappa shape index (κ1) is 38.5. The first-order chi connectivity index (χ1) is 21.3. The fourth-order valence-corrected chi connectivity index (χ4v) is 9.94. The second-order valence-electron chi connectivity index (χ2n) is 16.9. The van der Waals surface area contributed by atoms with Crippen molar-refractivity contribution in [3.8, 4) is 0 Å². The molecule has 0 aromatic carbocycles. The summed E-state index contributed by atoms with van der Waals surface area (Å²) < 4.78 is 6.14. The number of hydrogen-bond acceptors (Lipinski definition) is 5. The fourth-order valence-electron chi connectivity index (χ4n) is 9.94. The van der Waals surface area contributed by atoms with Gasteiger partial charge in [0.2, 0.25) is 0 Å². The van der Waals surface area contributed by atoms with Crippen LogP contribution in [0.4, 0.5) is 0 Å². The van der Waals surface area contributed by atoms with E-state index in [1.807, 2.05) is 19.9 Å². The Kier molecular flexibility index (Phi) is 12.0. The van der Waals surface area contributed by atoms with E-state index in [-0.39, 0.29) is 51.9 Å². The molecule has 0 heterocycles. The Hall–Kier alpha value is -1.92. The third kappa shape index (κ3) is 6.81. The molecule has 3 N–H and O–H groups in total. The number of ether oxygens (including phenoxy) is 1. The smallest absolute Gasteiger partial charge is 0.333 e. The summed E-state index contributed by atoms with van der Waals surface area (Å²) in [4.78, 5) is 22.6. The number of carbonyl (C=O) groups excluding carboxylic acids is 1. The molecule has 0 spiro atoms. The third-order valence-electron chi connectivity index (χ3n) is 14.3. The number of hydrogen-bond donors (Lipinski definition) is 3. The lowest BCUT2D eigenvalue weighted by Crippen LogP contribution is -2.62. The standard InChI is InChI=1S/C35H58O4.C5H8O2/c1-10-23(3)30(38)39-29-21-35(22-36)19-18-33(8)26(27(35)20-31(29,5)6)12-13-28-32(7,16-15-25(37)11-2)24(4)14-17-34(28,33)9;1-3-4(2)5(6)7/h10,12,24-25,27-29,36-37H,11,13-22H2,1-9H3;3H,1-2H3,(H,6,7)/b23-10-;4-3-/t24?,25?,27?,28?,29?,32?,33-,34?,35?;/m1./s1. The number of rotatable bonds is 8. The zero-order valence-corrected chi connectivity index (χ0v) is 31.0. The van der Waals surface area contributed by atoms with Gasteiger partial charge in [0.25, 0.3) is 0 Å². The van der Waals surface area contributed by atoms with Crippen molar-refractivity contribution in [1.29, 1.82) is 0 Å². The molecule has 46 heavy (non-hydrogen) atoms. The number of carbonyl (C=O) groups is 2. The highest BCUT2D eigenvalue weighted by Gasteiger charge is 2.66. The lowest BCUT2D eigenvalue weighted by molar-refractivity contribution is -0.181. The van der Waals surface area contributed by atoms with Crippen LogP contribution in [0.5, 0.6) is 0 Å². The maximum absolute atomic E-state index is 12.8. The van der Waals surface area contributed by atoms with E-state index in [0.717, 1.165) is 51.4 Å². The van der Waals surface area contributed by atoms with Crippen molar-refractivity contribution in [3.05, 3.63) is 34.9 Å². The molecule has 262 valence electrons. The quantitative estimate of drug-likeness (QED) is 0.139. The van der Waals surface area contributed by atoms with Gasteiger partial charge < -0.3 is 20.1 Å².